The highest BCUT2D eigenvalue weighted by atomic mass is 32.1. The maximum absolute atomic E-state index is 13.2. The van der Waals surface area contributed by atoms with Crippen molar-refractivity contribution in [2.45, 2.75) is 58.9 Å². The number of imide groups is 1. The Labute approximate surface area is 180 Å². The zero-order valence-electron chi connectivity index (χ0n) is 17.9. The van der Waals surface area contributed by atoms with Crippen molar-refractivity contribution in [3.8, 4) is 0 Å². The van der Waals surface area contributed by atoms with Crippen molar-refractivity contribution in [3.05, 3.63) is 23.8 Å². The summed E-state index contributed by atoms with van der Waals surface area (Å²) in [7, 11) is 0. The molecule has 1 aliphatic heterocycles. The number of thiazole rings is 1. The van der Waals surface area contributed by atoms with Gasteiger partial charge in [0.15, 0.2) is 5.13 Å². The fourth-order valence-corrected chi connectivity index (χ4v) is 6.14. The lowest BCUT2D eigenvalue weighted by atomic mass is 9.64. The van der Waals surface area contributed by atoms with Crippen LogP contribution in [0.1, 0.15) is 52.5 Å². The lowest BCUT2D eigenvalue weighted by molar-refractivity contribution is -0.136. The van der Waals surface area contributed by atoms with Crippen LogP contribution in [0.4, 0.5) is 9.93 Å². The SMILES string of the molecule is CCc1ccc2nc(NC(=O)CN3C(=O)NC4(CC(C)CC(C)(C)C4)C3=O)sc2c1. The number of carbonyl (C=O) groups excluding carboxylic acids is 3. The van der Waals surface area contributed by atoms with Crippen molar-refractivity contribution in [1.29, 1.82) is 0 Å². The van der Waals surface area contributed by atoms with Gasteiger partial charge in [0, 0.05) is 0 Å². The maximum atomic E-state index is 13.2. The third-order valence-corrected chi connectivity index (χ3v) is 6.97. The molecule has 2 atom stereocenters. The van der Waals surface area contributed by atoms with Gasteiger partial charge in [-0.1, -0.05) is 45.1 Å². The second-order valence-corrected chi connectivity index (χ2v) is 10.5. The Bertz CT molecular complexity index is 1030. The van der Waals surface area contributed by atoms with Gasteiger partial charge >= 0.3 is 6.03 Å². The molecule has 4 rings (SSSR count). The monoisotopic (exact) mass is 428 g/mol. The number of carbonyl (C=O) groups is 3. The first-order chi connectivity index (χ1) is 14.1. The smallest absolute Gasteiger partial charge is 0.323 e. The number of rotatable bonds is 4. The van der Waals surface area contributed by atoms with Crippen molar-refractivity contribution in [1.82, 2.24) is 15.2 Å². The quantitative estimate of drug-likeness (QED) is 0.722. The Morgan fingerprint density at radius 2 is 2.10 bits per heavy atom. The molecule has 2 heterocycles. The van der Waals surface area contributed by atoms with Gasteiger partial charge in [-0.05, 0) is 54.7 Å². The van der Waals surface area contributed by atoms with Gasteiger partial charge in [0.25, 0.3) is 5.91 Å². The van der Waals surface area contributed by atoms with E-state index in [0.29, 0.717) is 23.9 Å². The van der Waals surface area contributed by atoms with E-state index in [0.717, 1.165) is 28.0 Å². The van der Waals surface area contributed by atoms with E-state index < -0.39 is 17.5 Å². The highest BCUT2D eigenvalue weighted by Crippen LogP contribution is 2.46. The summed E-state index contributed by atoms with van der Waals surface area (Å²) in [6.45, 7) is 8.13. The number of aryl methyl sites for hydroxylation is 1. The summed E-state index contributed by atoms with van der Waals surface area (Å²) in [6.07, 6.45) is 3.13. The second-order valence-electron chi connectivity index (χ2n) is 9.48. The molecule has 2 N–H and O–H groups in total. The molecule has 1 saturated carbocycles. The molecule has 0 bridgehead atoms. The molecule has 0 radical (unpaired) electrons. The molecule has 7 nitrogen and oxygen atoms in total. The second kappa shape index (κ2) is 7.34. The molecule has 8 heteroatoms. The van der Waals surface area contributed by atoms with E-state index in [2.05, 4.69) is 49.4 Å². The van der Waals surface area contributed by atoms with Gasteiger partial charge in [-0.15, -0.1) is 0 Å². The molecule has 1 aliphatic carbocycles. The molecular formula is C22H28N4O3S. The fraction of sp³-hybridized carbons (Fsp3) is 0.545. The number of fused-ring (bicyclic) bond motifs is 1. The molecule has 160 valence electrons. The van der Waals surface area contributed by atoms with E-state index >= 15 is 0 Å². The molecule has 2 unspecified atom stereocenters. The number of urea groups is 1. The first-order valence-electron chi connectivity index (χ1n) is 10.4. The van der Waals surface area contributed by atoms with Crippen molar-refractivity contribution in [2.24, 2.45) is 11.3 Å². The summed E-state index contributed by atoms with van der Waals surface area (Å²) in [5, 5.41) is 6.12. The fourth-order valence-electron chi connectivity index (χ4n) is 5.19. The van der Waals surface area contributed by atoms with Crippen LogP contribution in [0.3, 0.4) is 0 Å². The van der Waals surface area contributed by atoms with Crippen molar-refractivity contribution in [3.63, 3.8) is 0 Å². The average Bonchev–Trinajstić information content (AvgIpc) is 3.12. The summed E-state index contributed by atoms with van der Waals surface area (Å²) in [5.74, 6) is -0.393. The topological polar surface area (TPSA) is 91.4 Å². The summed E-state index contributed by atoms with van der Waals surface area (Å²) < 4.78 is 0.997. The molecule has 2 fully saturated rings. The molecule has 1 aromatic heterocycles. The summed E-state index contributed by atoms with van der Waals surface area (Å²) >= 11 is 1.39. The van der Waals surface area contributed by atoms with Crippen LogP contribution < -0.4 is 10.6 Å². The van der Waals surface area contributed by atoms with Crippen LogP contribution in [0, 0.1) is 11.3 Å². The minimum Gasteiger partial charge on any atom is -0.323 e. The summed E-state index contributed by atoms with van der Waals surface area (Å²) in [6, 6.07) is 5.54. The third kappa shape index (κ3) is 3.80. The van der Waals surface area contributed by atoms with E-state index in [4.69, 9.17) is 0 Å². The van der Waals surface area contributed by atoms with Gasteiger partial charge in [-0.25, -0.2) is 9.78 Å². The van der Waals surface area contributed by atoms with E-state index in [-0.39, 0.29) is 17.9 Å². The van der Waals surface area contributed by atoms with Crippen molar-refractivity contribution >= 4 is 44.5 Å². The van der Waals surface area contributed by atoms with Crippen LogP contribution in [0.15, 0.2) is 18.2 Å². The van der Waals surface area contributed by atoms with Crippen LogP contribution in [0.5, 0.6) is 0 Å². The van der Waals surface area contributed by atoms with E-state index in [9.17, 15) is 14.4 Å². The molecule has 1 aromatic carbocycles. The number of nitrogens with one attached hydrogen (secondary N) is 2. The van der Waals surface area contributed by atoms with Gasteiger partial charge in [0.1, 0.15) is 12.1 Å². The normalized spacial score (nSPS) is 25.7. The minimum absolute atomic E-state index is 0.0444. The number of hydrogen-bond acceptors (Lipinski definition) is 5. The Morgan fingerprint density at radius 1 is 1.33 bits per heavy atom. The Balaban J connectivity index is 1.47. The first kappa shape index (κ1) is 20.8. The number of amides is 4. The van der Waals surface area contributed by atoms with E-state index in [1.165, 1.54) is 16.9 Å². The van der Waals surface area contributed by atoms with Gasteiger partial charge in [-0.2, -0.15) is 0 Å². The number of benzene rings is 1. The molecular weight excluding hydrogens is 400 g/mol. The van der Waals surface area contributed by atoms with Crippen LogP contribution in [0.2, 0.25) is 0 Å². The predicted molar refractivity (Wildman–Crippen MR) is 117 cm³/mol. The first-order valence-corrected chi connectivity index (χ1v) is 11.3. The highest BCUT2D eigenvalue weighted by molar-refractivity contribution is 7.22. The Kier molecular flexibility index (Phi) is 5.08. The van der Waals surface area contributed by atoms with Crippen LogP contribution in [0.25, 0.3) is 10.2 Å². The van der Waals surface area contributed by atoms with Crippen LogP contribution in [-0.4, -0.2) is 39.8 Å². The number of aromatic nitrogens is 1. The standard InChI is InChI=1S/C22H28N4O3S/c1-5-14-6-7-15-16(8-14)30-19(23-15)24-17(27)11-26-18(28)22(25-20(26)29)10-13(2)9-21(3,4)12-22/h6-8,13H,5,9-12H2,1-4H3,(H,25,29)(H,23,24,27). The number of hydrogen-bond donors (Lipinski definition) is 2. The van der Waals surface area contributed by atoms with Gasteiger partial charge in [-0.3, -0.25) is 14.5 Å². The van der Waals surface area contributed by atoms with Crippen molar-refractivity contribution in [2.75, 3.05) is 11.9 Å². The summed E-state index contributed by atoms with van der Waals surface area (Å²) in [4.78, 5) is 43.8. The molecule has 1 saturated heterocycles. The zero-order chi connectivity index (χ0) is 21.7. The Morgan fingerprint density at radius 3 is 2.80 bits per heavy atom. The lowest BCUT2D eigenvalue weighted by Gasteiger charge is -2.43. The minimum atomic E-state index is -0.898. The highest BCUT2D eigenvalue weighted by Gasteiger charge is 2.56. The summed E-state index contributed by atoms with van der Waals surface area (Å²) in [5.41, 5.74) is 1.08. The zero-order valence-corrected chi connectivity index (χ0v) is 18.7. The van der Waals surface area contributed by atoms with E-state index in [1.807, 2.05) is 12.1 Å². The molecule has 2 aromatic rings. The number of nitrogens with zero attached hydrogens (tertiary/aromatic N) is 2. The van der Waals surface area contributed by atoms with E-state index in [1.54, 1.807) is 0 Å². The molecule has 4 amide bonds. The number of anilines is 1. The molecule has 1 spiro atoms. The third-order valence-electron chi connectivity index (χ3n) is 6.03. The lowest BCUT2D eigenvalue weighted by Crippen LogP contribution is -2.54. The van der Waals surface area contributed by atoms with Gasteiger partial charge in [0.2, 0.25) is 5.91 Å². The maximum Gasteiger partial charge on any atom is 0.325 e. The largest absolute Gasteiger partial charge is 0.325 e. The van der Waals surface area contributed by atoms with Gasteiger partial charge in [0.05, 0.1) is 10.2 Å². The Hall–Kier alpha value is -2.48. The van der Waals surface area contributed by atoms with Crippen molar-refractivity contribution < 1.29 is 14.4 Å². The van der Waals surface area contributed by atoms with Gasteiger partial charge < -0.3 is 10.6 Å². The predicted octanol–water partition coefficient (Wildman–Crippen LogP) is 3.93. The molecule has 30 heavy (non-hydrogen) atoms. The molecule has 2 aliphatic rings. The van der Waals surface area contributed by atoms with Crippen LogP contribution >= 0.6 is 11.3 Å². The van der Waals surface area contributed by atoms with Crippen LogP contribution in [-0.2, 0) is 16.0 Å². The average molecular weight is 429 g/mol.